The van der Waals surface area contributed by atoms with Crippen molar-refractivity contribution in [1.82, 2.24) is 10.2 Å². The van der Waals surface area contributed by atoms with Crippen molar-refractivity contribution in [2.75, 3.05) is 13.1 Å². The van der Waals surface area contributed by atoms with Crippen LogP contribution < -0.4 is 11.1 Å². The lowest BCUT2D eigenvalue weighted by Crippen LogP contribution is -2.52. The summed E-state index contributed by atoms with van der Waals surface area (Å²) in [5, 5.41) is 9.76. The molecule has 1 aliphatic heterocycles. The third-order valence-electron chi connectivity index (χ3n) is 2.82. The summed E-state index contributed by atoms with van der Waals surface area (Å²) in [5.41, 5.74) is 5.07. The number of piperidine rings is 1. The van der Waals surface area contributed by atoms with E-state index in [0.717, 1.165) is 6.21 Å². The molecule has 1 amide bonds. The first-order valence-electron chi connectivity index (χ1n) is 6.57. The van der Waals surface area contributed by atoms with E-state index in [1.165, 1.54) is 11.1 Å². The number of likely N-dealkylation sites (tertiary alicyclic amines) is 1. The fraction of sp³-hybridized carbons (Fsp3) is 0.692. The SMILES string of the molecule is CC(C)(C)OC(=O)N1CCC(N/C=C(/N)C=N)C(F)C1. The van der Waals surface area contributed by atoms with Crippen molar-refractivity contribution in [3.05, 3.63) is 11.9 Å². The molecule has 1 aliphatic rings. The van der Waals surface area contributed by atoms with E-state index >= 15 is 0 Å². The molecular weight excluding hydrogens is 263 g/mol. The Hall–Kier alpha value is -1.79. The summed E-state index contributed by atoms with van der Waals surface area (Å²) >= 11 is 0. The summed E-state index contributed by atoms with van der Waals surface area (Å²) in [6, 6.07) is -0.410. The highest BCUT2D eigenvalue weighted by Gasteiger charge is 2.33. The molecular formula is C13H23FN4O2. The van der Waals surface area contributed by atoms with E-state index in [1.54, 1.807) is 20.8 Å². The molecule has 1 saturated heterocycles. The molecule has 0 aromatic carbocycles. The first kappa shape index (κ1) is 16.3. The van der Waals surface area contributed by atoms with E-state index in [9.17, 15) is 9.18 Å². The van der Waals surface area contributed by atoms with Crippen LogP contribution in [0.25, 0.3) is 0 Å². The highest BCUT2D eigenvalue weighted by molar-refractivity contribution is 5.73. The second kappa shape index (κ2) is 6.58. The van der Waals surface area contributed by atoms with Gasteiger partial charge in [-0.3, -0.25) is 0 Å². The van der Waals surface area contributed by atoms with E-state index in [4.69, 9.17) is 15.9 Å². The highest BCUT2D eigenvalue weighted by Crippen LogP contribution is 2.17. The standard InChI is InChI=1S/C13H23FN4O2/c1-13(2,3)20-12(19)18-5-4-11(10(14)8-18)17-7-9(16)6-15/h6-7,10-11,15,17H,4-5,8,16H2,1-3H3/b9-7+,15-6?. The number of nitrogens with zero attached hydrogens (tertiary/aromatic N) is 1. The summed E-state index contributed by atoms with van der Waals surface area (Å²) < 4.78 is 19.2. The number of hydrogen-bond donors (Lipinski definition) is 3. The quantitative estimate of drug-likeness (QED) is 0.683. The number of ether oxygens (including phenoxy) is 1. The summed E-state index contributed by atoms with van der Waals surface area (Å²) in [7, 11) is 0. The number of alkyl halides is 1. The zero-order chi connectivity index (χ0) is 15.3. The monoisotopic (exact) mass is 286 g/mol. The zero-order valence-electron chi connectivity index (χ0n) is 12.1. The van der Waals surface area contributed by atoms with E-state index in [2.05, 4.69) is 5.32 Å². The maximum atomic E-state index is 14.0. The largest absolute Gasteiger partial charge is 0.444 e. The van der Waals surface area contributed by atoms with Gasteiger partial charge < -0.3 is 26.1 Å². The Balaban J connectivity index is 2.51. The predicted molar refractivity (Wildman–Crippen MR) is 75.3 cm³/mol. The Bertz CT molecular complexity index is 392. The van der Waals surface area contributed by atoms with Crippen LogP contribution in [-0.2, 0) is 4.74 Å². The molecule has 0 saturated carbocycles. The molecule has 2 atom stereocenters. The number of allylic oxidation sites excluding steroid dienone is 1. The third-order valence-corrected chi connectivity index (χ3v) is 2.82. The molecule has 1 fully saturated rings. The van der Waals surface area contributed by atoms with Crippen LogP contribution in [0.3, 0.4) is 0 Å². The summed E-state index contributed by atoms with van der Waals surface area (Å²) in [6.45, 7) is 5.74. The maximum absolute atomic E-state index is 14.0. The van der Waals surface area contributed by atoms with Crippen LogP contribution in [0.2, 0.25) is 0 Å². The molecule has 1 rings (SSSR count). The number of rotatable bonds is 3. The van der Waals surface area contributed by atoms with Crippen LogP contribution in [-0.4, -0.2) is 48.1 Å². The Labute approximate surface area is 118 Å². The molecule has 7 heteroatoms. The van der Waals surface area contributed by atoms with Crippen molar-refractivity contribution in [1.29, 1.82) is 5.41 Å². The molecule has 6 nitrogen and oxygen atoms in total. The van der Waals surface area contributed by atoms with Crippen LogP contribution in [0.4, 0.5) is 9.18 Å². The van der Waals surface area contributed by atoms with Gasteiger partial charge in [0.1, 0.15) is 11.8 Å². The van der Waals surface area contributed by atoms with Gasteiger partial charge in [-0.05, 0) is 27.2 Å². The Morgan fingerprint density at radius 1 is 1.55 bits per heavy atom. The number of carbonyl (C=O) groups excluding carboxylic acids is 1. The predicted octanol–water partition coefficient (Wildman–Crippen LogP) is 1.37. The van der Waals surface area contributed by atoms with Gasteiger partial charge in [0, 0.05) is 19.0 Å². The number of hydrogen-bond acceptors (Lipinski definition) is 5. The molecule has 0 aliphatic carbocycles. The average Bonchev–Trinajstić information content (AvgIpc) is 2.34. The Morgan fingerprint density at radius 3 is 2.70 bits per heavy atom. The molecule has 0 radical (unpaired) electrons. The summed E-state index contributed by atoms with van der Waals surface area (Å²) in [5.74, 6) is 0. The van der Waals surface area contributed by atoms with Gasteiger partial charge in [0.15, 0.2) is 0 Å². The van der Waals surface area contributed by atoms with Gasteiger partial charge in [-0.25, -0.2) is 9.18 Å². The number of halogens is 1. The minimum Gasteiger partial charge on any atom is -0.444 e. The number of nitrogens with two attached hydrogens (primary N) is 1. The van der Waals surface area contributed by atoms with E-state index < -0.39 is 23.9 Å². The molecule has 0 spiro atoms. The Morgan fingerprint density at radius 2 is 2.20 bits per heavy atom. The van der Waals surface area contributed by atoms with Crippen LogP contribution in [0, 0.1) is 5.41 Å². The van der Waals surface area contributed by atoms with Crippen molar-refractivity contribution < 1.29 is 13.9 Å². The second-order valence-corrected chi connectivity index (χ2v) is 5.79. The van der Waals surface area contributed by atoms with Gasteiger partial charge in [-0.15, -0.1) is 0 Å². The molecule has 4 N–H and O–H groups in total. The Kier molecular flexibility index (Phi) is 5.35. The normalized spacial score (nSPS) is 24.2. The van der Waals surface area contributed by atoms with E-state index in [0.29, 0.717) is 13.0 Å². The minimum absolute atomic E-state index is 0.00901. The van der Waals surface area contributed by atoms with Crippen LogP contribution in [0.5, 0.6) is 0 Å². The van der Waals surface area contributed by atoms with Crippen LogP contribution in [0.1, 0.15) is 27.2 Å². The van der Waals surface area contributed by atoms with Crippen molar-refractivity contribution in [2.24, 2.45) is 5.73 Å². The van der Waals surface area contributed by atoms with Crippen LogP contribution >= 0.6 is 0 Å². The summed E-state index contributed by atoms with van der Waals surface area (Å²) in [4.78, 5) is 13.2. The van der Waals surface area contributed by atoms with Crippen molar-refractivity contribution in [2.45, 2.75) is 45.0 Å². The first-order chi connectivity index (χ1) is 9.23. The molecule has 0 aromatic rings. The molecule has 114 valence electrons. The second-order valence-electron chi connectivity index (χ2n) is 5.79. The number of nitrogens with one attached hydrogen (secondary N) is 2. The van der Waals surface area contributed by atoms with Gasteiger partial charge >= 0.3 is 6.09 Å². The zero-order valence-corrected chi connectivity index (χ0v) is 12.1. The molecule has 0 aromatic heterocycles. The molecule has 2 unspecified atom stereocenters. The highest BCUT2D eigenvalue weighted by atomic mass is 19.1. The van der Waals surface area contributed by atoms with Crippen LogP contribution in [0.15, 0.2) is 11.9 Å². The van der Waals surface area contributed by atoms with E-state index in [-0.39, 0.29) is 12.2 Å². The number of carbonyl (C=O) groups is 1. The first-order valence-corrected chi connectivity index (χ1v) is 6.57. The van der Waals surface area contributed by atoms with E-state index in [1.807, 2.05) is 0 Å². The van der Waals surface area contributed by atoms with Gasteiger partial charge in [0.25, 0.3) is 0 Å². The lowest BCUT2D eigenvalue weighted by atomic mass is 10.0. The number of amides is 1. The third kappa shape index (κ3) is 5.07. The lowest BCUT2D eigenvalue weighted by molar-refractivity contribution is 0.0102. The summed E-state index contributed by atoms with van der Waals surface area (Å²) in [6.07, 6.45) is 1.16. The molecule has 0 bridgehead atoms. The molecule has 20 heavy (non-hydrogen) atoms. The topological polar surface area (TPSA) is 91.4 Å². The lowest BCUT2D eigenvalue weighted by Gasteiger charge is -2.35. The van der Waals surface area contributed by atoms with Crippen molar-refractivity contribution >= 4 is 12.3 Å². The maximum Gasteiger partial charge on any atom is 0.410 e. The van der Waals surface area contributed by atoms with Crippen molar-refractivity contribution in [3.63, 3.8) is 0 Å². The van der Waals surface area contributed by atoms with Crippen molar-refractivity contribution in [3.8, 4) is 0 Å². The smallest absolute Gasteiger partial charge is 0.410 e. The van der Waals surface area contributed by atoms with Gasteiger partial charge in [-0.2, -0.15) is 0 Å². The molecule has 1 heterocycles. The van der Waals surface area contributed by atoms with Gasteiger partial charge in [0.2, 0.25) is 0 Å². The fourth-order valence-electron chi connectivity index (χ4n) is 1.83. The van der Waals surface area contributed by atoms with Gasteiger partial charge in [-0.1, -0.05) is 0 Å². The van der Waals surface area contributed by atoms with Gasteiger partial charge in [0.05, 0.1) is 18.3 Å². The average molecular weight is 286 g/mol. The fourth-order valence-corrected chi connectivity index (χ4v) is 1.83. The minimum atomic E-state index is -1.20.